The molecule has 1 atom stereocenters. The molecule has 2 aliphatic heterocycles. The summed E-state index contributed by atoms with van der Waals surface area (Å²) in [7, 11) is 3.02. The third-order valence-corrected chi connectivity index (χ3v) is 6.19. The number of nitro groups is 3. The standard InChI is InChI=1S/C20H18N4O8/c1-19(2)13-9-11(22(25)26)5-6-14(13)21(3)20(19)8-7-12-17(24(29)30)15(23(27)28)10-16(31-4)18(12)32-20/h5-10H,1-4H3. The number of hydrogen-bond donors (Lipinski definition) is 0. The Hall–Kier alpha value is -4.22. The summed E-state index contributed by atoms with van der Waals surface area (Å²) in [5.74, 6) is -0.0540. The van der Waals surface area contributed by atoms with Gasteiger partial charge in [-0.3, -0.25) is 30.3 Å². The van der Waals surface area contributed by atoms with Crippen LogP contribution in [0.15, 0.2) is 30.3 Å². The smallest absolute Gasteiger partial charge is 0.357 e. The highest BCUT2D eigenvalue weighted by Gasteiger charge is 2.59. The van der Waals surface area contributed by atoms with Gasteiger partial charge in [0, 0.05) is 24.9 Å². The van der Waals surface area contributed by atoms with Gasteiger partial charge in [0.05, 0.1) is 33.4 Å². The summed E-state index contributed by atoms with van der Waals surface area (Å²) in [5, 5.41) is 34.4. The van der Waals surface area contributed by atoms with Crippen LogP contribution in [0.5, 0.6) is 11.5 Å². The minimum atomic E-state index is -1.23. The SMILES string of the molecule is COc1cc([N+](=O)[O-])c([N+](=O)[O-])c2c1OC1(C=C2)N(C)c2ccc([N+](=O)[O-])cc2C1(C)C. The average Bonchev–Trinajstić information content (AvgIpc) is 2.90. The maximum Gasteiger partial charge on any atom is 0.357 e. The number of nitro benzene ring substituents is 3. The zero-order valence-corrected chi connectivity index (χ0v) is 17.5. The summed E-state index contributed by atoms with van der Waals surface area (Å²) in [6, 6.07) is 5.44. The number of benzene rings is 2. The number of nitrogens with zero attached hydrogens (tertiary/aromatic N) is 4. The predicted molar refractivity (Wildman–Crippen MR) is 113 cm³/mol. The lowest BCUT2D eigenvalue weighted by Gasteiger charge is -2.45. The molecule has 1 spiro atoms. The van der Waals surface area contributed by atoms with Crippen LogP contribution in [0.3, 0.4) is 0 Å². The molecule has 0 aliphatic carbocycles. The van der Waals surface area contributed by atoms with Crippen molar-refractivity contribution < 1.29 is 24.2 Å². The van der Waals surface area contributed by atoms with Gasteiger partial charge in [-0.25, -0.2) is 0 Å². The summed E-state index contributed by atoms with van der Waals surface area (Å²) in [6.45, 7) is 3.67. The van der Waals surface area contributed by atoms with Gasteiger partial charge < -0.3 is 14.4 Å². The minimum absolute atomic E-state index is 0.0190. The number of anilines is 1. The molecule has 4 rings (SSSR count). The van der Waals surface area contributed by atoms with Gasteiger partial charge in [0.1, 0.15) is 5.56 Å². The molecule has 2 aromatic carbocycles. The molecule has 0 saturated heterocycles. The van der Waals surface area contributed by atoms with Crippen LogP contribution in [0.4, 0.5) is 22.7 Å². The molecule has 0 saturated carbocycles. The van der Waals surface area contributed by atoms with Crippen molar-refractivity contribution in [3.05, 3.63) is 71.8 Å². The Morgan fingerprint density at radius 2 is 1.72 bits per heavy atom. The fourth-order valence-electron chi connectivity index (χ4n) is 4.50. The van der Waals surface area contributed by atoms with Crippen molar-refractivity contribution in [3.8, 4) is 11.5 Å². The highest BCUT2D eigenvalue weighted by molar-refractivity contribution is 5.82. The zero-order chi connectivity index (χ0) is 23.6. The molecule has 0 amide bonds. The Balaban J connectivity index is 1.96. The third-order valence-electron chi connectivity index (χ3n) is 6.19. The molecule has 0 N–H and O–H groups in total. The van der Waals surface area contributed by atoms with E-state index in [1.807, 2.05) is 13.8 Å². The van der Waals surface area contributed by atoms with Gasteiger partial charge in [-0.05, 0) is 37.6 Å². The van der Waals surface area contributed by atoms with E-state index in [9.17, 15) is 30.3 Å². The quantitative estimate of drug-likeness (QED) is 0.506. The molecule has 166 valence electrons. The first kappa shape index (κ1) is 21.0. The third kappa shape index (κ3) is 2.55. The predicted octanol–water partition coefficient (Wildman–Crippen LogP) is 3.95. The molecule has 0 bridgehead atoms. The first-order valence-corrected chi connectivity index (χ1v) is 9.41. The molecular weight excluding hydrogens is 424 g/mol. The fraction of sp³-hybridized carbons (Fsp3) is 0.300. The fourth-order valence-corrected chi connectivity index (χ4v) is 4.50. The van der Waals surface area contributed by atoms with E-state index in [0.717, 1.165) is 6.07 Å². The Labute approximate surface area is 181 Å². The molecule has 2 aromatic rings. The Kier molecular flexibility index (Phi) is 4.36. The first-order chi connectivity index (χ1) is 15.0. The van der Waals surface area contributed by atoms with Gasteiger partial charge in [-0.1, -0.05) is 0 Å². The van der Waals surface area contributed by atoms with Gasteiger partial charge in [0.25, 0.3) is 5.69 Å². The minimum Gasteiger partial charge on any atom is -0.493 e. The van der Waals surface area contributed by atoms with E-state index in [1.54, 1.807) is 24.1 Å². The van der Waals surface area contributed by atoms with Crippen molar-refractivity contribution in [3.63, 3.8) is 0 Å². The van der Waals surface area contributed by atoms with Crippen LogP contribution >= 0.6 is 0 Å². The van der Waals surface area contributed by atoms with Crippen molar-refractivity contribution >= 4 is 28.8 Å². The lowest BCUT2D eigenvalue weighted by molar-refractivity contribution is -0.422. The Morgan fingerprint density at radius 3 is 2.28 bits per heavy atom. The second-order valence-electron chi connectivity index (χ2n) is 7.98. The van der Waals surface area contributed by atoms with Crippen LogP contribution in [0.25, 0.3) is 6.08 Å². The summed E-state index contributed by atoms with van der Waals surface area (Å²) < 4.78 is 11.6. The molecule has 32 heavy (non-hydrogen) atoms. The molecule has 1 unspecified atom stereocenters. The van der Waals surface area contributed by atoms with Gasteiger partial charge in [-0.2, -0.15) is 0 Å². The van der Waals surface area contributed by atoms with Crippen molar-refractivity contribution in [1.82, 2.24) is 0 Å². The van der Waals surface area contributed by atoms with Crippen LogP contribution in [0.2, 0.25) is 0 Å². The van der Waals surface area contributed by atoms with Crippen LogP contribution in [0.1, 0.15) is 25.0 Å². The monoisotopic (exact) mass is 442 g/mol. The Bertz CT molecular complexity index is 1240. The van der Waals surface area contributed by atoms with Crippen molar-refractivity contribution in [2.24, 2.45) is 0 Å². The maximum atomic E-state index is 11.7. The normalized spacial score (nSPS) is 19.8. The van der Waals surface area contributed by atoms with E-state index in [1.165, 1.54) is 25.3 Å². The molecule has 0 aromatic heterocycles. The number of likely N-dealkylation sites (N-methyl/N-ethyl adjacent to an activating group) is 1. The molecule has 2 heterocycles. The highest BCUT2D eigenvalue weighted by Crippen LogP contribution is 2.57. The summed E-state index contributed by atoms with van der Waals surface area (Å²) >= 11 is 0. The number of non-ortho nitro benzene ring substituents is 1. The maximum absolute atomic E-state index is 11.7. The van der Waals surface area contributed by atoms with Gasteiger partial charge >= 0.3 is 11.4 Å². The van der Waals surface area contributed by atoms with E-state index in [2.05, 4.69) is 0 Å². The Morgan fingerprint density at radius 1 is 1.03 bits per heavy atom. The van der Waals surface area contributed by atoms with Crippen LogP contribution in [0, 0.1) is 30.3 Å². The second kappa shape index (κ2) is 6.64. The zero-order valence-electron chi connectivity index (χ0n) is 17.5. The van der Waals surface area contributed by atoms with Gasteiger partial charge in [0.2, 0.25) is 5.72 Å². The molecule has 0 fully saturated rings. The van der Waals surface area contributed by atoms with Gasteiger partial charge in [0.15, 0.2) is 11.5 Å². The topological polar surface area (TPSA) is 151 Å². The van der Waals surface area contributed by atoms with Gasteiger partial charge in [-0.15, -0.1) is 0 Å². The largest absolute Gasteiger partial charge is 0.493 e. The number of fused-ring (bicyclic) bond motifs is 2. The number of rotatable bonds is 4. The lowest BCUT2D eigenvalue weighted by atomic mass is 9.76. The summed E-state index contributed by atoms with van der Waals surface area (Å²) in [5.41, 5.74) is -2.32. The lowest BCUT2D eigenvalue weighted by Crippen LogP contribution is -2.58. The van der Waals surface area contributed by atoms with Crippen molar-refractivity contribution in [1.29, 1.82) is 0 Å². The van der Waals surface area contributed by atoms with E-state index in [4.69, 9.17) is 9.47 Å². The average molecular weight is 442 g/mol. The van der Waals surface area contributed by atoms with E-state index >= 15 is 0 Å². The number of hydrogen-bond acceptors (Lipinski definition) is 9. The van der Waals surface area contributed by atoms with Crippen LogP contribution in [-0.2, 0) is 5.41 Å². The second-order valence-corrected chi connectivity index (χ2v) is 7.98. The van der Waals surface area contributed by atoms with E-state index in [-0.39, 0.29) is 22.7 Å². The summed E-state index contributed by atoms with van der Waals surface area (Å²) in [4.78, 5) is 34.0. The molecule has 0 radical (unpaired) electrons. The van der Waals surface area contributed by atoms with E-state index in [0.29, 0.717) is 11.3 Å². The molecule has 12 heteroatoms. The molecule has 2 aliphatic rings. The van der Waals surface area contributed by atoms with Crippen LogP contribution < -0.4 is 14.4 Å². The van der Waals surface area contributed by atoms with Crippen LogP contribution in [-0.4, -0.2) is 34.7 Å². The van der Waals surface area contributed by atoms with Crippen molar-refractivity contribution in [2.45, 2.75) is 25.0 Å². The molecular formula is C20H18N4O8. The summed E-state index contributed by atoms with van der Waals surface area (Å²) in [6.07, 6.45) is 2.99. The van der Waals surface area contributed by atoms with E-state index < -0.39 is 37.3 Å². The highest BCUT2D eigenvalue weighted by atomic mass is 16.6. The first-order valence-electron chi connectivity index (χ1n) is 9.41. The van der Waals surface area contributed by atoms with Crippen molar-refractivity contribution in [2.75, 3.05) is 19.1 Å². The molecule has 12 nitrogen and oxygen atoms in total. The number of methoxy groups -OCH3 is 1. The number of ether oxygens (including phenoxy) is 2.